The zero-order valence-corrected chi connectivity index (χ0v) is 65.5. The van der Waals surface area contributed by atoms with Crippen molar-refractivity contribution in [1.29, 1.82) is 0 Å². The van der Waals surface area contributed by atoms with Crippen LogP contribution in [0.25, 0.3) is 0 Å². The lowest BCUT2D eigenvalue weighted by Gasteiger charge is -2.21. The van der Waals surface area contributed by atoms with E-state index in [0.29, 0.717) is 31.6 Å². The molecule has 0 amide bonds. The number of hydrogen-bond donors (Lipinski definition) is 3. The van der Waals surface area contributed by atoms with E-state index in [4.69, 9.17) is 37.0 Å². The van der Waals surface area contributed by atoms with Gasteiger partial charge in [0.05, 0.1) is 26.4 Å². The Morgan fingerprint density at radius 3 is 0.639 bits per heavy atom. The highest BCUT2D eigenvalue weighted by Crippen LogP contribution is 2.45. The number of rotatable bonds is 75. The van der Waals surface area contributed by atoms with Crippen LogP contribution in [0.15, 0.2) is 0 Å². The molecular formula is C78H152O17P2. The molecule has 0 radical (unpaired) electrons. The number of aliphatic hydroxyl groups excluding tert-OH is 1. The molecule has 0 aromatic heterocycles. The normalized spacial score (nSPS) is 14.1. The highest BCUT2D eigenvalue weighted by Gasteiger charge is 2.30. The highest BCUT2D eigenvalue weighted by molar-refractivity contribution is 7.47. The summed E-state index contributed by atoms with van der Waals surface area (Å²) >= 11 is 0. The van der Waals surface area contributed by atoms with Gasteiger partial charge in [-0.25, -0.2) is 9.13 Å². The van der Waals surface area contributed by atoms with Gasteiger partial charge in [0.25, 0.3) is 0 Å². The maximum Gasteiger partial charge on any atom is 0.472 e. The second-order valence-electron chi connectivity index (χ2n) is 30.0. The van der Waals surface area contributed by atoms with E-state index < -0.39 is 97.5 Å². The van der Waals surface area contributed by atoms with Gasteiger partial charge in [0.1, 0.15) is 19.3 Å². The van der Waals surface area contributed by atoms with E-state index in [0.717, 1.165) is 114 Å². The van der Waals surface area contributed by atoms with E-state index in [-0.39, 0.29) is 25.7 Å². The molecule has 0 aromatic carbocycles. The molecule has 0 saturated carbocycles. The predicted molar refractivity (Wildman–Crippen MR) is 395 cm³/mol. The Labute approximate surface area is 594 Å². The summed E-state index contributed by atoms with van der Waals surface area (Å²) in [5.41, 5.74) is 0. The second-order valence-corrected chi connectivity index (χ2v) is 32.9. The van der Waals surface area contributed by atoms with Crippen LogP contribution in [-0.4, -0.2) is 96.7 Å². The molecule has 0 bridgehead atoms. The number of phosphoric ester groups is 2. The quantitative estimate of drug-likeness (QED) is 0.0222. The standard InChI is InChI=1S/C78H152O17P2/c1-68(2)54-46-38-30-24-18-12-9-10-14-22-28-34-44-52-60-78(83)95-74(65-89-76(81)59-51-43-37-36-41-49-57-71(7)8)67-93-97(86,87)91-63-72(79)62-90-96(84,85)92-66-73(64-88-75(80)58-50-42-33-27-21-17-16-20-26-32-40-48-56-70(5)6)94-77(82)61-53-45-35-29-23-15-11-13-19-25-31-39-47-55-69(3)4/h68-74,79H,9-67H2,1-8H3,(H,84,85)(H,86,87)/t72?,73-,74-/m1/s1. The van der Waals surface area contributed by atoms with Crippen LogP contribution in [-0.2, 0) is 65.4 Å². The van der Waals surface area contributed by atoms with Crippen LogP contribution < -0.4 is 0 Å². The maximum atomic E-state index is 13.1. The fraction of sp³-hybridized carbons (Fsp3) is 0.949. The van der Waals surface area contributed by atoms with E-state index in [1.807, 2.05) is 0 Å². The lowest BCUT2D eigenvalue weighted by Crippen LogP contribution is -2.30. The predicted octanol–water partition coefficient (Wildman–Crippen LogP) is 22.8. The van der Waals surface area contributed by atoms with E-state index in [1.165, 1.54) is 193 Å². The fourth-order valence-electron chi connectivity index (χ4n) is 11.9. The first-order chi connectivity index (χ1) is 46.6. The monoisotopic (exact) mass is 1420 g/mol. The molecule has 0 aliphatic rings. The molecule has 0 fully saturated rings. The number of aliphatic hydroxyl groups is 1. The molecule has 0 spiro atoms. The van der Waals surface area contributed by atoms with Crippen molar-refractivity contribution in [3.63, 3.8) is 0 Å². The average Bonchev–Trinajstić information content (AvgIpc) is 1.63. The summed E-state index contributed by atoms with van der Waals surface area (Å²) in [7, 11) is -9.92. The summed E-state index contributed by atoms with van der Waals surface area (Å²) < 4.78 is 68.6. The van der Waals surface area contributed by atoms with Gasteiger partial charge in [-0.3, -0.25) is 37.3 Å². The molecule has 0 rings (SSSR count). The van der Waals surface area contributed by atoms with Crippen LogP contribution in [0.3, 0.4) is 0 Å². The van der Waals surface area contributed by atoms with Gasteiger partial charge in [-0.2, -0.15) is 0 Å². The Kier molecular flexibility index (Phi) is 65.9. The van der Waals surface area contributed by atoms with Crippen molar-refractivity contribution in [2.24, 2.45) is 23.7 Å². The van der Waals surface area contributed by atoms with Crippen molar-refractivity contribution >= 4 is 39.5 Å². The van der Waals surface area contributed by atoms with Crippen molar-refractivity contribution in [3.05, 3.63) is 0 Å². The van der Waals surface area contributed by atoms with Gasteiger partial charge < -0.3 is 33.8 Å². The Balaban J connectivity index is 5.23. The first-order valence-electron chi connectivity index (χ1n) is 40.2. The Morgan fingerprint density at radius 1 is 0.258 bits per heavy atom. The van der Waals surface area contributed by atoms with Crippen molar-refractivity contribution in [1.82, 2.24) is 0 Å². The van der Waals surface area contributed by atoms with Gasteiger partial charge in [-0.05, 0) is 49.4 Å². The third-order valence-electron chi connectivity index (χ3n) is 18.1. The molecule has 0 saturated heterocycles. The summed E-state index contributed by atoms with van der Waals surface area (Å²) in [6.45, 7) is 14.2. The van der Waals surface area contributed by atoms with Crippen LogP contribution >= 0.6 is 15.6 Å². The molecule has 17 nitrogen and oxygen atoms in total. The van der Waals surface area contributed by atoms with E-state index in [1.54, 1.807) is 0 Å². The highest BCUT2D eigenvalue weighted by atomic mass is 31.2. The fourth-order valence-corrected chi connectivity index (χ4v) is 13.5. The van der Waals surface area contributed by atoms with Crippen LogP contribution in [0.4, 0.5) is 0 Å². The smallest absolute Gasteiger partial charge is 0.462 e. The Bertz CT molecular complexity index is 1900. The third kappa shape index (κ3) is 72.2. The Hall–Kier alpha value is -1.94. The SMILES string of the molecule is CC(C)CCCCCCCCCCCCCCCCC(=O)O[C@H](COC(=O)CCCCCCCCC(C)C)COP(=O)(O)OCC(O)COP(=O)(O)OC[C@@H](COC(=O)CCCCCCCCCCCCCCC(C)C)OC(=O)CCCCCCCCCCCCCCCC(C)C. The molecule has 0 heterocycles. The summed E-state index contributed by atoms with van der Waals surface area (Å²) in [5.74, 6) is 0.924. The summed E-state index contributed by atoms with van der Waals surface area (Å²) in [5, 5.41) is 10.6. The summed E-state index contributed by atoms with van der Waals surface area (Å²) in [4.78, 5) is 72.9. The van der Waals surface area contributed by atoms with E-state index >= 15 is 0 Å². The molecule has 97 heavy (non-hydrogen) atoms. The van der Waals surface area contributed by atoms with Crippen LogP contribution in [0.2, 0.25) is 0 Å². The van der Waals surface area contributed by atoms with Gasteiger partial charge in [0.15, 0.2) is 12.2 Å². The van der Waals surface area contributed by atoms with Crippen molar-refractivity contribution in [2.45, 2.75) is 414 Å². The van der Waals surface area contributed by atoms with Crippen molar-refractivity contribution in [2.75, 3.05) is 39.6 Å². The molecule has 0 aliphatic carbocycles. The number of hydrogen-bond acceptors (Lipinski definition) is 15. The number of carbonyl (C=O) groups is 4. The first-order valence-corrected chi connectivity index (χ1v) is 43.2. The molecular weight excluding hydrogens is 1270 g/mol. The molecule has 5 atom stereocenters. The number of esters is 4. The Morgan fingerprint density at radius 2 is 0.433 bits per heavy atom. The van der Waals surface area contributed by atoms with Gasteiger partial charge in [-0.15, -0.1) is 0 Å². The molecule has 0 aromatic rings. The minimum atomic E-state index is -4.96. The minimum Gasteiger partial charge on any atom is -0.462 e. The lowest BCUT2D eigenvalue weighted by atomic mass is 10.0. The lowest BCUT2D eigenvalue weighted by molar-refractivity contribution is -0.161. The molecule has 3 N–H and O–H groups in total. The van der Waals surface area contributed by atoms with E-state index in [9.17, 15) is 43.2 Å². The van der Waals surface area contributed by atoms with Gasteiger partial charge in [0, 0.05) is 25.7 Å². The second kappa shape index (κ2) is 67.2. The van der Waals surface area contributed by atoms with Crippen molar-refractivity contribution < 1.29 is 80.2 Å². The van der Waals surface area contributed by atoms with Crippen LogP contribution in [0.5, 0.6) is 0 Å². The summed E-state index contributed by atoms with van der Waals surface area (Å²) in [6, 6.07) is 0. The van der Waals surface area contributed by atoms with Gasteiger partial charge >= 0.3 is 39.5 Å². The largest absolute Gasteiger partial charge is 0.472 e. The first kappa shape index (κ1) is 95.1. The molecule has 0 aliphatic heterocycles. The average molecular weight is 1420 g/mol. The molecule has 576 valence electrons. The van der Waals surface area contributed by atoms with Crippen LogP contribution in [0, 0.1) is 23.7 Å². The third-order valence-corrected chi connectivity index (χ3v) is 20.0. The van der Waals surface area contributed by atoms with E-state index in [2.05, 4.69) is 55.4 Å². The van der Waals surface area contributed by atoms with Gasteiger partial charge in [-0.1, -0.05) is 344 Å². The number of carbonyl (C=O) groups excluding carboxylic acids is 4. The summed E-state index contributed by atoms with van der Waals surface area (Å²) in [6.07, 6.45) is 52.8. The zero-order chi connectivity index (χ0) is 71.7. The van der Waals surface area contributed by atoms with Crippen molar-refractivity contribution in [3.8, 4) is 0 Å². The van der Waals surface area contributed by atoms with Gasteiger partial charge in [0.2, 0.25) is 0 Å². The number of phosphoric acid groups is 2. The topological polar surface area (TPSA) is 237 Å². The molecule has 19 heteroatoms. The number of ether oxygens (including phenoxy) is 4. The molecule has 3 unspecified atom stereocenters. The maximum absolute atomic E-state index is 13.1. The zero-order valence-electron chi connectivity index (χ0n) is 63.7. The van der Waals surface area contributed by atoms with Crippen LogP contribution in [0.1, 0.15) is 396 Å². The number of unbranched alkanes of at least 4 members (excludes halogenated alkanes) is 41. The minimum absolute atomic E-state index is 0.106.